The van der Waals surface area contributed by atoms with Gasteiger partial charge < -0.3 is 20.3 Å². The molecule has 0 aliphatic carbocycles. The SMILES string of the molecule is CC(=O)N1CC[C@@H](Nc2n[nH]c3nccc(Oc4cccc(C(=O)Nc5ccc(C(C)C)c(C)c5)c4)c23)C1. The Morgan fingerprint density at radius 1 is 1.16 bits per heavy atom. The van der Waals surface area contributed by atoms with E-state index in [1.165, 1.54) is 5.56 Å². The molecule has 1 aliphatic heterocycles. The lowest BCUT2D eigenvalue weighted by atomic mass is 9.97. The fourth-order valence-corrected chi connectivity index (χ4v) is 4.90. The van der Waals surface area contributed by atoms with Gasteiger partial charge in [-0.1, -0.05) is 26.0 Å². The van der Waals surface area contributed by atoms with Crippen LogP contribution in [-0.4, -0.2) is 51.0 Å². The number of amides is 2. The van der Waals surface area contributed by atoms with Crippen LogP contribution in [0.4, 0.5) is 11.5 Å². The minimum Gasteiger partial charge on any atom is -0.456 e. The van der Waals surface area contributed by atoms with Crippen molar-refractivity contribution in [1.29, 1.82) is 0 Å². The van der Waals surface area contributed by atoms with E-state index < -0.39 is 0 Å². The first kappa shape index (κ1) is 25.3. The second-order valence-corrected chi connectivity index (χ2v) is 10.0. The Morgan fingerprint density at radius 2 is 2.00 bits per heavy atom. The summed E-state index contributed by atoms with van der Waals surface area (Å²) in [5.74, 6) is 1.98. The van der Waals surface area contributed by atoms with Gasteiger partial charge in [0.2, 0.25) is 5.91 Å². The van der Waals surface area contributed by atoms with E-state index in [2.05, 4.69) is 52.7 Å². The van der Waals surface area contributed by atoms with Crippen LogP contribution in [0, 0.1) is 6.92 Å². The number of ether oxygens (including phenoxy) is 1. The van der Waals surface area contributed by atoms with E-state index in [1.807, 2.05) is 17.0 Å². The van der Waals surface area contributed by atoms with Crippen LogP contribution < -0.4 is 15.4 Å². The monoisotopic (exact) mass is 512 g/mol. The summed E-state index contributed by atoms with van der Waals surface area (Å²) in [5, 5.41) is 14.5. The Morgan fingerprint density at radius 3 is 2.74 bits per heavy atom. The van der Waals surface area contributed by atoms with Crippen molar-refractivity contribution in [3.05, 3.63) is 71.4 Å². The number of hydrogen-bond acceptors (Lipinski definition) is 6. The number of pyridine rings is 1. The van der Waals surface area contributed by atoms with Crippen molar-refractivity contribution in [2.45, 2.75) is 46.1 Å². The summed E-state index contributed by atoms with van der Waals surface area (Å²) in [4.78, 5) is 30.9. The van der Waals surface area contributed by atoms with E-state index in [9.17, 15) is 9.59 Å². The summed E-state index contributed by atoms with van der Waals surface area (Å²) in [6.07, 6.45) is 2.48. The van der Waals surface area contributed by atoms with Crippen LogP contribution in [0.5, 0.6) is 11.5 Å². The Bertz CT molecular complexity index is 1490. The summed E-state index contributed by atoms with van der Waals surface area (Å²) in [7, 11) is 0. The Hall–Kier alpha value is -4.40. The maximum Gasteiger partial charge on any atom is 0.255 e. The largest absolute Gasteiger partial charge is 0.456 e. The smallest absolute Gasteiger partial charge is 0.255 e. The fraction of sp³-hybridized carbons (Fsp3) is 0.310. The standard InChI is InChI=1S/C29H32N6O3/c1-17(2)24-9-8-21(14-18(24)3)32-29(37)20-6-5-7-23(15-20)38-25-10-12-30-27-26(25)28(34-33-27)31-22-11-13-35(16-22)19(4)36/h5-10,12,14-15,17,22H,11,13,16H2,1-4H3,(H,32,37)(H2,30,31,33,34)/t22-/m1/s1. The molecule has 0 saturated carbocycles. The van der Waals surface area contributed by atoms with E-state index in [4.69, 9.17) is 4.74 Å². The molecule has 2 aromatic carbocycles. The normalized spacial score (nSPS) is 15.2. The molecule has 196 valence electrons. The summed E-state index contributed by atoms with van der Waals surface area (Å²) in [5.41, 5.74) is 4.23. The number of benzene rings is 2. The average molecular weight is 513 g/mol. The van der Waals surface area contributed by atoms with Gasteiger partial charge in [0.05, 0.1) is 0 Å². The van der Waals surface area contributed by atoms with Crippen LogP contribution in [0.15, 0.2) is 54.7 Å². The highest BCUT2D eigenvalue weighted by Gasteiger charge is 2.26. The number of H-pyrrole nitrogens is 1. The molecule has 1 atom stereocenters. The number of rotatable bonds is 7. The molecule has 9 nitrogen and oxygen atoms in total. The molecular formula is C29H32N6O3. The van der Waals surface area contributed by atoms with E-state index in [0.29, 0.717) is 52.9 Å². The lowest BCUT2D eigenvalue weighted by Crippen LogP contribution is -2.29. The lowest BCUT2D eigenvalue weighted by molar-refractivity contribution is -0.127. The predicted molar refractivity (Wildman–Crippen MR) is 148 cm³/mol. The number of aromatic nitrogens is 3. The van der Waals surface area contributed by atoms with Crippen molar-refractivity contribution < 1.29 is 14.3 Å². The van der Waals surface area contributed by atoms with E-state index in [-0.39, 0.29) is 17.9 Å². The maximum atomic E-state index is 13.0. The third-order valence-electron chi connectivity index (χ3n) is 6.87. The minimum atomic E-state index is -0.214. The summed E-state index contributed by atoms with van der Waals surface area (Å²) >= 11 is 0. The molecule has 0 bridgehead atoms. The van der Waals surface area contributed by atoms with E-state index in [1.54, 1.807) is 43.5 Å². The number of hydrogen-bond donors (Lipinski definition) is 3. The van der Waals surface area contributed by atoms with Crippen LogP contribution in [0.25, 0.3) is 11.0 Å². The molecule has 38 heavy (non-hydrogen) atoms. The van der Waals surface area contributed by atoms with Gasteiger partial charge in [-0.05, 0) is 60.7 Å². The summed E-state index contributed by atoms with van der Waals surface area (Å²) < 4.78 is 6.23. The van der Waals surface area contributed by atoms with Crippen LogP contribution in [0.1, 0.15) is 54.6 Å². The van der Waals surface area contributed by atoms with Gasteiger partial charge >= 0.3 is 0 Å². The zero-order valence-electron chi connectivity index (χ0n) is 22.0. The number of nitrogens with zero attached hydrogens (tertiary/aromatic N) is 3. The van der Waals surface area contributed by atoms with E-state index >= 15 is 0 Å². The first-order chi connectivity index (χ1) is 18.3. The third kappa shape index (κ3) is 5.32. The molecule has 9 heteroatoms. The Balaban J connectivity index is 1.33. The predicted octanol–water partition coefficient (Wildman–Crippen LogP) is 5.47. The molecule has 1 saturated heterocycles. The molecule has 4 aromatic rings. The van der Waals surface area contributed by atoms with E-state index in [0.717, 1.165) is 17.7 Å². The van der Waals surface area contributed by atoms with Gasteiger partial charge in [-0.15, -0.1) is 0 Å². The van der Waals surface area contributed by atoms with Crippen LogP contribution in [0.3, 0.4) is 0 Å². The molecular weight excluding hydrogens is 480 g/mol. The second-order valence-electron chi connectivity index (χ2n) is 10.0. The first-order valence-corrected chi connectivity index (χ1v) is 12.8. The highest BCUT2D eigenvalue weighted by atomic mass is 16.5. The zero-order valence-corrected chi connectivity index (χ0v) is 22.0. The molecule has 2 amide bonds. The first-order valence-electron chi connectivity index (χ1n) is 12.8. The number of carbonyl (C=O) groups excluding carboxylic acids is 2. The zero-order chi connectivity index (χ0) is 26.8. The Labute approximate surface area is 221 Å². The molecule has 0 radical (unpaired) electrons. The quantitative estimate of drug-likeness (QED) is 0.303. The van der Waals surface area contributed by atoms with Crippen LogP contribution in [-0.2, 0) is 4.79 Å². The van der Waals surface area contributed by atoms with Crippen molar-refractivity contribution in [2.75, 3.05) is 23.7 Å². The number of anilines is 2. The van der Waals surface area contributed by atoms with Crippen molar-refractivity contribution >= 4 is 34.4 Å². The number of carbonyl (C=O) groups is 2. The van der Waals surface area contributed by atoms with Crippen LogP contribution >= 0.6 is 0 Å². The second kappa shape index (κ2) is 10.5. The third-order valence-corrected chi connectivity index (χ3v) is 6.87. The van der Waals surface area contributed by atoms with Crippen molar-refractivity contribution in [3.8, 4) is 11.5 Å². The average Bonchev–Trinajstić information content (AvgIpc) is 3.52. The lowest BCUT2D eigenvalue weighted by Gasteiger charge is -2.15. The topological polar surface area (TPSA) is 112 Å². The molecule has 3 N–H and O–H groups in total. The molecule has 1 fully saturated rings. The highest BCUT2D eigenvalue weighted by Crippen LogP contribution is 2.34. The molecule has 0 unspecified atom stereocenters. The van der Waals surface area contributed by atoms with Gasteiger partial charge in [0.1, 0.15) is 16.9 Å². The number of fused-ring (bicyclic) bond motifs is 1. The highest BCUT2D eigenvalue weighted by molar-refractivity contribution is 6.04. The van der Waals surface area contributed by atoms with Gasteiger partial charge in [0.15, 0.2) is 11.5 Å². The number of aromatic amines is 1. The minimum absolute atomic E-state index is 0.0681. The Kier molecular flexibility index (Phi) is 7.00. The summed E-state index contributed by atoms with van der Waals surface area (Å²) in [6.45, 7) is 9.29. The van der Waals surface area contributed by atoms with Gasteiger partial charge in [0, 0.05) is 49.6 Å². The summed E-state index contributed by atoms with van der Waals surface area (Å²) in [6, 6.07) is 14.9. The molecule has 0 spiro atoms. The molecule has 5 rings (SSSR count). The number of aryl methyl sites for hydroxylation is 1. The maximum absolute atomic E-state index is 13.0. The van der Waals surface area contributed by atoms with Gasteiger partial charge in [-0.25, -0.2) is 4.98 Å². The van der Waals surface area contributed by atoms with Crippen molar-refractivity contribution in [2.24, 2.45) is 0 Å². The van der Waals surface area contributed by atoms with Gasteiger partial charge in [0.25, 0.3) is 5.91 Å². The van der Waals surface area contributed by atoms with Crippen LogP contribution in [0.2, 0.25) is 0 Å². The van der Waals surface area contributed by atoms with Crippen molar-refractivity contribution in [3.63, 3.8) is 0 Å². The fourth-order valence-electron chi connectivity index (χ4n) is 4.90. The van der Waals surface area contributed by atoms with Crippen molar-refractivity contribution in [1.82, 2.24) is 20.1 Å². The number of likely N-dealkylation sites (tertiary alicyclic amines) is 1. The molecule has 2 aromatic heterocycles. The number of nitrogens with one attached hydrogen (secondary N) is 3. The molecule has 1 aliphatic rings. The van der Waals surface area contributed by atoms with Gasteiger partial charge in [-0.3, -0.25) is 14.7 Å². The van der Waals surface area contributed by atoms with Gasteiger partial charge in [-0.2, -0.15) is 5.10 Å². The molecule has 3 heterocycles.